The molecule has 1 heteroatoms. The van der Waals surface area contributed by atoms with Gasteiger partial charge in [-0.1, -0.05) is 84.9 Å². The van der Waals surface area contributed by atoms with Crippen molar-refractivity contribution in [2.24, 2.45) is 0 Å². The van der Waals surface area contributed by atoms with Gasteiger partial charge in [-0.15, -0.1) is 0 Å². The molecular formula is C25H21N. The number of rotatable bonds is 4. The van der Waals surface area contributed by atoms with E-state index in [1.165, 1.54) is 16.7 Å². The van der Waals surface area contributed by atoms with Gasteiger partial charge in [-0.25, -0.2) is 0 Å². The van der Waals surface area contributed by atoms with E-state index in [0.29, 0.717) is 0 Å². The number of aromatic nitrogens is 1. The minimum atomic E-state index is -0.229. The topological polar surface area (TPSA) is 12.9 Å². The molecule has 4 aromatic rings. The van der Waals surface area contributed by atoms with Crippen LogP contribution in [0.5, 0.6) is 0 Å². The Balaban J connectivity index is 1.91. The lowest BCUT2D eigenvalue weighted by atomic mass is 9.71. The Bertz CT molecular complexity index is 937. The lowest BCUT2D eigenvalue weighted by molar-refractivity contribution is 0.693. The third kappa shape index (κ3) is 2.93. The maximum Gasteiger partial charge on any atom is 0.0702 e. The summed E-state index contributed by atoms with van der Waals surface area (Å²) in [7, 11) is 0. The van der Waals surface area contributed by atoms with Crippen LogP contribution >= 0.6 is 0 Å². The van der Waals surface area contributed by atoms with Crippen LogP contribution in [0.3, 0.4) is 0 Å². The number of hydrogen-bond donors (Lipinski definition) is 0. The first-order valence-corrected chi connectivity index (χ1v) is 8.91. The standard InChI is InChI=1S/C25H21N/c1-25(21-12-4-2-5-13-21,22-14-6-3-7-15-22)23-16-10-11-20(19-23)24-17-8-9-18-26-24/h2-19H,1H3. The van der Waals surface area contributed by atoms with E-state index in [9.17, 15) is 0 Å². The highest BCUT2D eigenvalue weighted by Crippen LogP contribution is 2.39. The van der Waals surface area contributed by atoms with Crippen LogP contribution in [0.4, 0.5) is 0 Å². The fraction of sp³-hybridized carbons (Fsp3) is 0.0800. The first-order valence-electron chi connectivity index (χ1n) is 8.91. The SMILES string of the molecule is CC(c1ccccc1)(c1ccccc1)c1cccc(-c2ccccn2)c1. The zero-order chi connectivity index (χ0) is 17.8. The first-order chi connectivity index (χ1) is 12.8. The van der Waals surface area contributed by atoms with Gasteiger partial charge in [-0.05, 0) is 41.8 Å². The summed E-state index contributed by atoms with van der Waals surface area (Å²) in [6.07, 6.45) is 1.84. The van der Waals surface area contributed by atoms with Crippen molar-refractivity contribution < 1.29 is 0 Å². The first kappa shape index (κ1) is 16.3. The monoisotopic (exact) mass is 335 g/mol. The Morgan fingerprint density at radius 1 is 0.577 bits per heavy atom. The number of pyridine rings is 1. The largest absolute Gasteiger partial charge is 0.256 e. The quantitative estimate of drug-likeness (QED) is 0.410. The van der Waals surface area contributed by atoms with Gasteiger partial charge in [0, 0.05) is 17.2 Å². The molecule has 1 aromatic heterocycles. The normalized spacial score (nSPS) is 11.3. The summed E-state index contributed by atoms with van der Waals surface area (Å²) in [5.41, 5.74) is 5.73. The zero-order valence-electron chi connectivity index (χ0n) is 14.8. The summed E-state index contributed by atoms with van der Waals surface area (Å²) in [5, 5.41) is 0. The molecule has 0 aliphatic carbocycles. The molecule has 0 saturated heterocycles. The van der Waals surface area contributed by atoms with Crippen LogP contribution in [-0.2, 0) is 5.41 Å². The van der Waals surface area contributed by atoms with Gasteiger partial charge in [-0.2, -0.15) is 0 Å². The van der Waals surface area contributed by atoms with Gasteiger partial charge >= 0.3 is 0 Å². The lowest BCUT2D eigenvalue weighted by Crippen LogP contribution is -2.25. The number of hydrogen-bond acceptors (Lipinski definition) is 1. The smallest absolute Gasteiger partial charge is 0.0702 e. The van der Waals surface area contributed by atoms with Gasteiger partial charge in [0.05, 0.1) is 5.69 Å². The molecule has 0 N–H and O–H groups in total. The Labute approximate surface area is 155 Å². The van der Waals surface area contributed by atoms with Gasteiger partial charge in [0.25, 0.3) is 0 Å². The fourth-order valence-corrected chi connectivity index (χ4v) is 3.57. The molecule has 26 heavy (non-hydrogen) atoms. The Morgan fingerprint density at radius 3 is 1.73 bits per heavy atom. The third-order valence-electron chi connectivity index (χ3n) is 5.10. The highest BCUT2D eigenvalue weighted by atomic mass is 14.7. The molecule has 0 aliphatic rings. The molecule has 1 heterocycles. The highest BCUT2D eigenvalue weighted by Gasteiger charge is 2.31. The molecule has 0 spiro atoms. The second-order valence-electron chi connectivity index (χ2n) is 6.65. The zero-order valence-corrected chi connectivity index (χ0v) is 14.8. The molecule has 0 amide bonds. The summed E-state index contributed by atoms with van der Waals surface area (Å²) >= 11 is 0. The maximum atomic E-state index is 4.52. The number of benzene rings is 3. The van der Waals surface area contributed by atoms with Crippen LogP contribution < -0.4 is 0 Å². The van der Waals surface area contributed by atoms with Crippen molar-refractivity contribution in [2.45, 2.75) is 12.3 Å². The van der Waals surface area contributed by atoms with Gasteiger partial charge < -0.3 is 0 Å². The van der Waals surface area contributed by atoms with Crippen LogP contribution in [-0.4, -0.2) is 4.98 Å². The van der Waals surface area contributed by atoms with E-state index >= 15 is 0 Å². The summed E-state index contributed by atoms with van der Waals surface area (Å²) in [6.45, 7) is 2.30. The van der Waals surface area contributed by atoms with E-state index in [-0.39, 0.29) is 5.41 Å². The molecule has 0 fully saturated rings. The molecule has 3 aromatic carbocycles. The second kappa shape index (κ2) is 6.97. The van der Waals surface area contributed by atoms with Gasteiger partial charge in [0.1, 0.15) is 0 Å². The lowest BCUT2D eigenvalue weighted by Gasteiger charge is -2.32. The van der Waals surface area contributed by atoms with Crippen molar-refractivity contribution in [1.29, 1.82) is 0 Å². The van der Waals surface area contributed by atoms with Crippen molar-refractivity contribution in [3.8, 4) is 11.3 Å². The van der Waals surface area contributed by atoms with E-state index < -0.39 is 0 Å². The molecule has 0 saturated carbocycles. The Morgan fingerprint density at radius 2 is 1.15 bits per heavy atom. The summed E-state index contributed by atoms with van der Waals surface area (Å²) in [5.74, 6) is 0. The van der Waals surface area contributed by atoms with E-state index in [4.69, 9.17) is 0 Å². The predicted octanol–water partition coefficient (Wildman–Crippen LogP) is 6.10. The van der Waals surface area contributed by atoms with Gasteiger partial charge in [-0.3, -0.25) is 4.98 Å². The molecule has 0 atom stereocenters. The van der Waals surface area contributed by atoms with Crippen LogP contribution in [0.25, 0.3) is 11.3 Å². The van der Waals surface area contributed by atoms with Crippen molar-refractivity contribution in [1.82, 2.24) is 4.98 Å². The highest BCUT2D eigenvalue weighted by molar-refractivity contribution is 5.62. The van der Waals surface area contributed by atoms with E-state index in [0.717, 1.165) is 11.3 Å². The van der Waals surface area contributed by atoms with Crippen molar-refractivity contribution in [3.05, 3.63) is 126 Å². The van der Waals surface area contributed by atoms with Crippen LogP contribution in [0.15, 0.2) is 109 Å². The molecule has 0 bridgehead atoms. The van der Waals surface area contributed by atoms with E-state index in [1.54, 1.807) is 0 Å². The minimum absolute atomic E-state index is 0.229. The van der Waals surface area contributed by atoms with Crippen molar-refractivity contribution >= 4 is 0 Å². The molecule has 0 radical (unpaired) electrons. The minimum Gasteiger partial charge on any atom is -0.256 e. The second-order valence-corrected chi connectivity index (χ2v) is 6.65. The third-order valence-corrected chi connectivity index (χ3v) is 5.10. The van der Waals surface area contributed by atoms with Crippen molar-refractivity contribution in [3.63, 3.8) is 0 Å². The van der Waals surface area contributed by atoms with Crippen molar-refractivity contribution in [2.75, 3.05) is 0 Å². The molecule has 0 aliphatic heterocycles. The van der Waals surface area contributed by atoms with Crippen LogP contribution in [0.1, 0.15) is 23.6 Å². The average molecular weight is 335 g/mol. The maximum absolute atomic E-state index is 4.52. The predicted molar refractivity (Wildman–Crippen MR) is 108 cm³/mol. The van der Waals surface area contributed by atoms with Gasteiger partial charge in [0.15, 0.2) is 0 Å². The molecule has 1 nitrogen and oxygen atoms in total. The molecule has 0 unspecified atom stereocenters. The summed E-state index contributed by atoms with van der Waals surface area (Å²) < 4.78 is 0. The summed E-state index contributed by atoms with van der Waals surface area (Å²) in [6, 6.07) is 36.2. The van der Waals surface area contributed by atoms with Crippen LogP contribution in [0, 0.1) is 0 Å². The van der Waals surface area contributed by atoms with E-state index in [1.807, 2.05) is 18.3 Å². The average Bonchev–Trinajstić information content (AvgIpc) is 2.75. The van der Waals surface area contributed by atoms with Crippen LogP contribution in [0.2, 0.25) is 0 Å². The number of nitrogens with zero attached hydrogens (tertiary/aromatic N) is 1. The summed E-state index contributed by atoms with van der Waals surface area (Å²) in [4.78, 5) is 4.52. The Kier molecular flexibility index (Phi) is 4.37. The van der Waals surface area contributed by atoms with Gasteiger partial charge in [0.2, 0.25) is 0 Å². The fourth-order valence-electron chi connectivity index (χ4n) is 3.57. The Hall–Kier alpha value is -3.19. The molecule has 4 rings (SSSR count). The molecular weight excluding hydrogens is 314 g/mol. The van der Waals surface area contributed by atoms with E-state index in [2.05, 4.69) is 103 Å². The molecule has 126 valence electrons.